The second-order valence-electron chi connectivity index (χ2n) is 3.57. The molecular weight excluding hydrogens is 224 g/mol. The maximum absolute atomic E-state index is 6.03. The first-order valence-corrected chi connectivity index (χ1v) is 5.54. The lowest BCUT2D eigenvalue weighted by atomic mass is 10.1. The number of aromatic nitrogens is 4. The Hall–Kier alpha value is -1.42. The van der Waals surface area contributed by atoms with Crippen LogP contribution < -0.4 is 0 Å². The number of hydrogen-bond donors (Lipinski definition) is 0. The molecule has 0 aliphatic carbocycles. The second kappa shape index (κ2) is 4.61. The quantitative estimate of drug-likeness (QED) is 0.766. The predicted octanol–water partition coefficient (Wildman–Crippen LogP) is 2.02. The average molecular weight is 237 g/mol. The van der Waals surface area contributed by atoms with Crippen LogP contribution in [0, 0.1) is 0 Å². The van der Waals surface area contributed by atoms with Gasteiger partial charge in [0.05, 0.1) is 5.69 Å². The van der Waals surface area contributed by atoms with Gasteiger partial charge in [0.25, 0.3) is 0 Å². The van der Waals surface area contributed by atoms with Crippen LogP contribution in [-0.2, 0) is 19.9 Å². The summed E-state index contributed by atoms with van der Waals surface area (Å²) in [6.45, 7) is 2.05. The van der Waals surface area contributed by atoms with Crippen molar-refractivity contribution in [3.63, 3.8) is 0 Å². The number of aryl methyl sites for hydroxylation is 1. The Morgan fingerprint density at radius 1 is 1.31 bits per heavy atom. The van der Waals surface area contributed by atoms with Gasteiger partial charge in [-0.1, -0.05) is 18.5 Å². The minimum atomic E-state index is 0.543. The summed E-state index contributed by atoms with van der Waals surface area (Å²) in [7, 11) is 1.97. The summed E-state index contributed by atoms with van der Waals surface area (Å²) in [5.41, 5.74) is 1.96. The van der Waals surface area contributed by atoms with Crippen LogP contribution in [0.3, 0.4) is 0 Å². The normalized spacial score (nSPS) is 10.7. The van der Waals surface area contributed by atoms with E-state index < -0.39 is 0 Å². The zero-order chi connectivity index (χ0) is 11.5. The fourth-order valence-corrected chi connectivity index (χ4v) is 1.93. The molecule has 16 heavy (non-hydrogen) atoms. The highest BCUT2D eigenvalue weighted by Crippen LogP contribution is 2.18. The summed E-state index contributed by atoms with van der Waals surface area (Å²) >= 11 is 6.03. The van der Waals surface area contributed by atoms with Crippen LogP contribution in [0.5, 0.6) is 0 Å². The van der Waals surface area contributed by atoms with Crippen molar-refractivity contribution in [3.05, 3.63) is 41.0 Å². The van der Waals surface area contributed by atoms with E-state index in [1.807, 2.05) is 24.7 Å². The van der Waals surface area contributed by atoms with Crippen molar-refractivity contribution in [2.24, 2.45) is 7.05 Å². The third-order valence-corrected chi connectivity index (χ3v) is 2.91. The maximum atomic E-state index is 6.03. The van der Waals surface area contributed by atoms with E-state index in [0.29, 0.717) is 11.6 Å². The van der Waals surface area contributed by atoms with Crippen LogP contribution in [0.4, 0.5) is 0 Å². The number of hydrogen-bond acceptors (Lipinski definition) is 3. The summed E-state index contributed by atoms with van der Waals surface area (Å²) in [6.07, 6.45) is 6.72. The zero-order valence-corrected chi connectivity index (χ0v) is 10.1. The smallest absolute Gasteiger partial charge is 0.135 e. The van der Waals surface area contributed by atoms with Gasteiger partial charge >= 0.3 is 0 Å². The number of imidazole rings is 1. The van der Waals surface area contributed by atoms with Gasteiger partial charge in [-0.25, -0.2) is 15.0 Å². The molecular formula is C11H13ClN4. The van der Waals surface area contributed by atoms with E-state index in [0.717, 1.165) is 23.5 Å². The van der Waals surface area contributed by atoms with E-state index in [1.165, 1.54) is 6.33 Å². The zero-order valence-electron chi connectivity index (χ0n) is 9.31. The first-order chi connectivity index (χ1) is 7.72. The Morgan fingerprint density at radius 2 is 2.12 bits per heavy atom. The molecule has 2 rings (SSSR count). The first-order valence-electron chi connectivity index (χ1n) is 5.16. The van der Waals surface area contributed by atoms with Crippen LogP contribution in [0.1, 0.15) is 24.0 Å². The molecule has 0 saturated heterocycles. The molecule has 0 spiro atoms. The molecule has 0 unspecified atom stereocenters. The van der Waals surface area contributed by atoms with Gasteiger partial charge in [-0.3, -0.25) is 0 Å². The van der Waals surface area contributed by atoms with E-state index in [4.69, 9.17) is 11.6 Å². The molecule has 0 atom stereocenters. The van der Waals surface area contributed by atoms with Crippen molar-refractivity contribution in [1.29, 1.82) is 0 Å². The summed E-state index contributed by atoms with van der Waals surface area (Å²) in [5.74, 6) is 0.976. The molecule has 0 aromatic carbocycles. The molecule has 2 aromatic heterocycles. The molecule has 2 heterocycles. The molecule has 0 fully saturated rings. The highest BCUT2D eigenvalue weighted by molar-refractivity contribution is 6.30. The number of rotatable bonds is 3. The SMILES string of the molecule is CCc1c(Cl)ncnc1Cc1nccn1C. The Labute approximate surface area is 99.3 Å². The molecule has 0 radical (unpaired) electrons. The maximum Gasteiger partial charge on any atom is 0.135 e. The van der Waals surface area contributed by atoms with E-state index in [2.05, 4.69) is 15.0 Å². The van der Waals surface area contributed by atoms with E-state index in [-0.39, 0.29) is 0 Å². The van der Waals surface area contributed by atoms with Gasteiger partial charge in [0.2, 0.25) is 0 Å². The molecule has 0 bridgehead atoms. The van der Waals surface area contributed by atoms with Gasteiger partial charge in [-0.2, -0.15) is 0 Å². The van der Waals surface area contributed by atoms with Crippen molar-refractivity contribution in [2.75, 3.05) is 0 Å². The van der Waals surface area contributed by atoms with Crippen molar-refractivity contribution in [2.45, 2.75) is 19.8 Å². The van der Waals surface area contributed by atoms with Crippen LogP contribution in [0.15, 0.2) is 18.7 Å². The van der Waals surface area contributed by atoms with Crippen LogP contribution in [0.25, 0.3) is 0 Å². The Bertz CT molecular complexity index is 492. The van der Waals surface area contributed by atoms with Gasteiger partial charge in [0, 0.05) is 31.4 Å². The number of nitrogens with zero attached hydrogens (tertiary/aromatic N) is 4. The largest absolute Gasteiger partial charge is 0.338 e. The fourth-order valence-electron chi connectivity index (χ4n) is 1.64. The molecule has 4 nitrogen and oxygen atoms in total. The van der Waals surface area contributed by atoms with Gasteiger partial charge in [-0.15, -0.1) is 0 Å². The third-order valence-electron chi connectivity index (χ3n) is 2.58. The molecule has 0 aliphatic heterocycles. The number of halogens is 1. The van der Waals surface area contributed by atoms with Crippen LogP contribution >= 0.6 is 11.6 Å². The van der Waals surface area contributed by atoms with Crippen molar-refractivity contribution < 1.29 is 0 Å². The topological polar surface area (TPSA) is 43.6 Å². The summed E-state index contributed by atoms with van der Waals surface area (Å²) in [6, 6.07) is 0. The summed E-state index contributed by atoms with van der Waals surface area (Å²) < 4.78 is 1.98. The fraction of sp³-hybridized carbons (Fsp3) is 0.364. The first kappa shape index (κ1) is 11.1. The van der Waals surface area contributed by atoms with E-state index in [1.54, 1.807) is 6.20 Å². The highest BCUT2D eigenvalue weighted by Gasteiger charge is 2.10. The third kappa shape index (κ3) is 2.07. The highest BCUT2D eigenvalue weighted by atomic mass is 35.5. The lowest BCUT2D eigenvalue weighted by Crippen LogP contribution is -2.05. The van der Waals surface area contributed by atoms with Crippen molar-refractivity contribution >= 4 is 11.6 Å². The Morgan fingerprint density at radius 3 is 2.75 bits per heavy atom. The molecule has 84 valence electrons. The molecule has 0 aliphatic rings. The second-order valence-corrected chi connectivity index (χ2v) is 3.93. The lowest BCUT2D eigenvalue weighted by molar-refractivity contribution is 0.800. The summed E-state index contributed by atoms with van der Waals surface area (Å²) in [5, 5.41) is 0.543. The predicted molar refractivity (Wildman–Crippen MR) is 62.4 cm³/mol. The van der Waals surface area contributed by atoms with E-state index >= 15 is 0 Å². The van der Waals surface area contributed by atoms with Gasteiger partial charge < -0.3 is 4.57 Å². The Balaban J connectivity index is 2.35. The summed E-state index contributed by atoms with van der Waals surface area (Å²) in [4.78, 5) is 12.5. The average Bonchev–Trinajstić information content (AvgIpc) is 2.65. The monoisotopic (exact) mass is 236 g/mol. The molecule has 0 N–H and O–H groups in total. The van der Waals surface area contributed by atoms with Crippen LogP contribution in [-0.4, -0.2) is 19.5 Å². The lowest BCUT2D eigenvalue weighted by Gasteiger charge is -2.07. The molecule has 5 heteroatoms. The Kier molecular flexibility index (Phi) is 3.19. The minimum absolute atomic E-state index is 0.543. The van der Waals surface area contributed by atoms with Gasteiger partial charge in [0.1, 0.15) is 17.3 Å². The van der Waals surface area contributed by atoms with E-state index in [9.17, 15) is 0 Å². The van der Waals surface area contributed by atoms with Crippen molar-refractivity contribution in [3.8, 4) is 0 Å². The van der Waals surface area contributed by atoms with Gasteiger partial charge in [0.15, 0.2) is 0 Å². The van der Waals surface area contributed by atoms with Gasteiger partial charge in [-0.05, 0) is 6.42 Å². The van der Waals surface area contributed by atoms with Crippen molar-refractivity contribution in [1.82, 2.24) is 19.5 Å². The standard InChI is InChI=1S/C11H13ClN4/c1-3-8-9(14-7-15-11(8)12)6-10-13-4-5-16(10)2/h4-5,7H,3,6H2,1-2H3. The molecule has 0 saturated carbocycles. The minimum Gasteiger partial charge on any atom is -0.338 e. The molecule has 2 aromatic rings. The molecule has 0 amide bonds. The van der Waals surface area contributed by atoms with Crippen LogP contribution in [0.2, 0.25) is 5.15 Å².